The van der Waals surface area contributed by atoms with E-state index in [0.29, 0.717) is 6.54 Å². The van der Waals surface area contributed by atoms with Crippen molar-refractivity contribution in [2.45, 2.75) is 41.2 Å². The zero-order valence-corrected chi connectivity index (χ0v) is 21.2. The molecular formula is C24H26Cl2FeN2S. The van der Waals surface area contributed by atoms with Gasteiger partial charge in [0.1, 0.15) is 0 Å². The molecule has 0 spiro atoms. The summed E-state index contributed by atoms with van der Waals surface area (Å²) < 4.78 is 0. The first-order chi connectivity index (χ1) is 14.3. The molecule has 160 valence electrons. The molecule has 1 aromatic heterocycles. The van der Waals surface area contributed by atoms with Crippen molar-refractivity contribution in [1.82, 2.24) is 0 Å². The van der Waals surface area contributed by atoms with Crippen LogP contribution in [0.3, 0.4) is 0 Å². The van der Waals surface area contributed by atoms with Crippen molar-refractivity contribution in [3.63, 3.8) is 0 Å². The van der Waals surface area contributed by atoms with Crippen molar-refractivity contribution >= 4 is 48.6 Å². The van der Waals surface area contributed by atoms with E-state index >= 15 is 0 Å². The summed E-state index contributed by atoms with van der Waals surface area (Å²) in [6.45, 7) is 11.3. The van der Waals surface area contributed by atoms with Crippen LogP contribution in [0.5, 0.6) is 0 Å². The molecule has 30 heavy (non-hydrogen) atoms. The van der Waals surface area contributed by atoms with Crippen molar-refractivity contribution < 1.29 is 13.1 Å². The number of hydrogen-bond donors (Lipinski definition) is 0. The van der Waals surface area contributed by atoms with Crippen LogP contribution in [0.2, 0.25) is 0 Å². The van der Waals surface area contributed by atoms with E-state index in [1.165, 1.54) is 32.0 Å². The number of thiophene rings is 1. The first-order valence-corrected chi connectivity index (χ1v) is 13.3. The van der Waals surface area contributed by atoms with Gasteiger partial charge in [-0.3, -0.25) is 9.98 Å². The molecule has 3 rings (SSSR count). The minimum atomic E-state index is 0.194. The molecule has 0 saturated carbocycles. The average molecular weight is 501 g/mol. The van der Waals surface area contributed by atoms with E-state index in [-0.39, 0.29) is 13.1 Å². The summed E-state index contributed by atoms with van der Waals surface area (Å²) in [5.41, 5.74) is 8.18. The predicted molar refractivity (Wildman–Crippen MR) is 131 cm³/mol. The zero-order chi connectivity index (χ0) is 22.1. The molecule has 0 aliphatic rings. The summed E-state index contributed by atoms with van der Waals surface area (Å²) in [7, 11) is 9.53. The van der Waals surface area contributed by atoms with Crippen LogP contribution in [0.4, 0.5) is 5.69 Å². The van der Waals surface area contributed by atoms with Gasteiger partial charge in [-0.2, -0.15) is 0 Å². The molecule has 0 atom stereocenters. The Labute approximate surface area is 198 Å². The normalized spacial score (nSPS) is 12.0. The van der Waals surface area contributed by atoms with E-state index in [9.17, 15) is 0 Å². The quantitative estimate of drug-likeness (QED) is 0.249. The summed E-state index contributed by atoms with van der Waals surface area (Å²) in [5.74, 6) is 0. The van der Waals surface area contributed by atoms with Gasteiger partial charge in [0, 0.05) is 15.5 Å². The molecule has 2 aromatic carbocycles. The molecule has 2 nitrogen and oxygen atoms in total. The first-order valence-electron chi connectivity index (χ1n) is 9.49. The molecule has 0 N–H and O–H groups in total. The summed E-state index contributed by atoms with van der Waals surface area (Å²) in [4.78, 5) is 12.1. The summed E-state index contributed by atoms with van der Waals surface area (Å²) in [6, 6.07) is 19.1. The van der Waals surface area contributed by atoms with Gasteiger partial charge in [-0.1, -0.05) is 48.0 Å². The summed E-state index contributed by atoms with van der Waals surface area (Å²) >= 11 is 1.95. The van der Waals surface area contributed by atoms with Crippen LogP contribution in [-0.4, -0.2) is 11.4 Å². The molecule has 0 aliphatic heterocycles. The number of aryl methyl sites for hydroxylation is 3. The van der Waals surface area contributed by atoms with Crippen molar-refractivity contribution in [3.05, 3.63) is 86.6 Å². The van der Waals surface area contributed by atoms with Crippen LogP contribution in [0, 0.1) is 20.8 Å². The van der Waals surface area contributed by atoms with Crippen LogP contribution in [0.15, 0.2) is 64.6 Å². The second-order valence-corrected chi connectivity index (χ2v) is 9.95. The molecule has 0 bridgehead atoms. The summed E-state index contributed by atoms with van der Waals surface area (Å²) in [6.07, 6.45) is 0. The van der Waals surface area contributed by atoms with Crippen molar-refractivity contribution in [2.24, 2.45) is 9.98 Å². The second kappa shape index (κ2) is 12.4. The standard InChI is InChI=1S/C24H26N2S.2ClH.Fe/c1-16-13-17(2)24(18(3)14-16)26-20(5)23-12-11-22(27-23)19(4)25-15-21-9-7-6-8-10-21;;;/h6-14H,15H2,1-5H3;2*1H;/q;;;+2/p-2. The summed E-state index contributed by atoms with van der Waals surface area (Å²) in [5, 5.41) is 0. The molecule has 6 heteroatoms. The van der Waals surface area contributed by atoms with Crippen LogP contribution in [0.1, 0.15) is 45.9 Å². The molecule has 1 heterocycles. The van der Waals surface area contributed by atoms with E-state index in [1.807, 2.05) is 6.07 Å². The Hall–Kier alpha value is -1.42. The SMILES string of the molecule is CC(=NCc1ccccc1)c1ccc(C(C)=Nc2c(C)cc(C)cc2C)s1.[Cl][Fe][Cl]. The molecule has 0 aliphatic carbocycles. The van der Waals surface area contributed by atoms with Crippen molar-refractivity contribution in [3.8, 4) is 0 Å². The maximum absolute atomic E-state index is 4.92. The molecular weight excluding hydrogens is 475 g/mol. The Morgan fingerprint density at radius 2 is 1.40 bits per heavy atom. The Morgan fingerprint density at radius 3 is 1.97 bits per heavy atom. The van der Waals surface area contributed by atoms with Gasteiger partial charge in [0.15, 0.2) is 0 Å². The van der Waals surface area contributed by atoms with Gasteiger partial charge in [-0.15, -0.1) is 11.3 Å². The number of nitrogens with zero attached hydrogens (tertiary/aromatic N) is 2. The zero-order valence-electron chi connectivity index (χ0n) is 17.8. The fraction of sp³-hybridized carbons (Fsp3) is 0.250. The van der Waals surface area contributed by atoms with Crippen LogP contribution >= 0.6 is 31.5 Å². The van der Waals surface area contributed by atoms with E-state index in [1.54, 1.807) is 11.3 Å². The maximum atomic E-state index is 4.92. The Morgan fingerprint density at radius 1 is 0.867 bits per heavy atom. The van der Waals surface area contributed by atoms with Crippen LogP contribution in [0.25, 0.3) is 0 Å². The van der Waals surface area contributed by atoms with Gasteiger partial charge in [0.05, 0.1) is 17.9 Å². The Bertz CT molecular complexity index is 1000. The van der Waals surface area contributed by atoms with Crippen molar-refractivity contribution in [2.75, 3.05) is 0 Å². The van der Waals surface area contributed by atoms with Crippen molar-refractivity contribution in [1.29, 1.82) is 0 Å². The predicted octanol–water partition coefficient (Wildman–Crippen LogP) is 8.20. The molecule has 0 fully saturated rings. The monoisotopic (exact) mass is 500 g/mol. The Kier molecular flexibility index (Phi) is 10.3. The van der Waals surface area contributed by atoms with Crippen LogP contribution in [-0.2, 0) is 19.7 Å². The fourth-order valence-electron chi connectivity index (χ4n) is 3.17. The first kappa shape index (κ1) is 24.8. The molecule has 3 aromatic rings. The van der Waals surface area contributed by atoms with Gasteiger partial charge in [0.25, 0.3) is 0 Å². The van der Waals surface area contributed by atoms with E-state index in [4.69, 9.17) is 30.2 Å². The van der Waals surface area contributed by atoms with Gasteiger partial charge < -0.3 is 0 Å². The van der Waals surface area contributed by atoms with E-state index in [2.05, 4.69) is 83.1 Å². The number of halogens is 2. The average Bonchev–Trinajstić information content (AvgIpc) is 3.20. The molecule has 0 radical (unpaired) electrons. The van der Waals surface area contributed by atoms with Gasteiger partial charge >= 0.3 is 33.3 Å². The fourth-order valence-corrected chi connectivity index (χ4v) is 4.08. The van der Waals surface area contributed by atoms with Crippen LogP contribution < -0.4 is 0 Å². The third-order valence-electron chi connectivity index (χ3n) is 4.58. The van der Waals surface area contributed by atoms with Gasteiger partial charge in [-0.25, -0.2) is 0 Å². The molecule has 0 unspecified atom stereocenters. The van der Waals surface area contributed by atoms with E-state index < -0.39 is 0 Å². The number of hydrogen-bond acceptors (Lipinski definition) is 3. The van der Waals surface area contributed by atoms with Gasteiger partial charge in [0.2, 0.25) is 0 Å². The third kappa shape index (κ3) is 7.37. The Balaban J connectivity index is 0.00000101. The topological polar surface area (TPSA) is 24.7 Å². The molecule has 0 saturated heterocycles. The minimum absolute atomic E-state index is 0.194. The van der Waals surface area contributed by atoms with E-state index in [0.717, 1.165) is 17.1 Å². The molecule has 0 amide bonds. The second-order valence-electron chi connectivity index (χ2n) is 7.05. The van der Waals surface area contributed by atoms with Gasteiger partial charge in [-0.05, 0) is 63.4 Å². The third-order valence-corrected chi connectivity index (χ3v) is 5.88. The number of rotatable bonds is 5. The number of benzene rings is 2. The number of aliphatic imine (C=N–C) groups is 2.